The van der Waals surface area contributed by atoms with E-state index in [1.807, 2.05) is 24.3 Å². The molecule has 4 heterocycles. The number of aromatic amines is 1. The van der Waals surface area contributed by atoms with Crippen LogP contribution in [0.1, 0.15) is 22.9 Å². The zero-order chi connectivity index (χ0) is 24.1. The van der Waals surface area contributed by atoms with Crippen LogP contribution >= 0.6 is 11.6 Å². The highest BCUT2D eigenvalue weighted by Crippen LogP contribution is 2.43. The first kappa shape index (κ1) is 22.4. The van der Waals surface area contributed by atoms with E-state index in [9.17, 15) is 14.7 Å². The number of fused-ring (bicyclic) bond motifs is 4. The molecule has 9 heteroatoms. The van der Waals surface area contributed by atoms with E-state index in [-0.39, 0.29) is 24.1 Å². The van der Waals surface area contributed by atoms with Crippen molar-refractivity contribution in [2.45, 2.75) is 18.5 Å². The van der Waals surface area contributed by atoms with Crippen molar-refractivity contribution in [1.29, 1.82) is 0 Å². The number of rotatable bonds is 4. The molecular weight excluding hydrogens is 468 g/mol. The quantitative estimate of drug-likeness (QED) is 0.582. The van der Waals surface area contributed by atoms with Crippen LogP contribution in [-0.2, 0) is 20.7 Å². The van der Waals surface area contributed by atoms with E-state index in [0.29, 0.717) is 31.2 Å². The number of nitrogens with zero attached hydrogens (tertiary/aromatic N) is 3. The molecule has 0 saturated carbocycles. The van der Waals surface area contributed by atoms with Gasteiger partial charge in [0.15, 0.2) is 0 Å². The van der Waals surface area contributed by atoms with Gasteiger partial charge < -0.3 is 24.6 Å². The van der Waals surface area contributed by atoms with Crippen molar-refractivity contribution in [2.75, 3.05) is 45.9 Å². The number of hydrogen-bond donors (Lipinski definition) is 2. The highest BCUT2D eigenvalue weighted by atomic mass is 35.5. The Labute approximate surface area is 208 Å². The van der Waals surface area contributed by atoms with Crippen LogP contribution in [0.15, 0.2) is 42.5 Å². The minimum Gasteiger partial charge on any atom is -0.508 e. The number of halogens is 1. The van der Waals surface area contributed by atoms with Crippen molar-refractivity contribution in [3.8, 4) is 5.75 Å². The second-order valence-corrected chi connectivity index (χ2v) is 9.88. The zero-order valence-corrected chi connectivity index (χ0v) is 20.0. The number of nitrogens with one attached hydrogen (secondary N) is 1. The number of ether oxygens (including phenoxy) is 1. The van der Waals surface area contributed by atoms with E-state index in [1.165, 1.54) is 0 Å². The monoisotopic (exact) mass is 494 g/mol. The summed E-state index contributed by atoms with van der Waals surface area (Å²) in [5, 5.41) is 11.8. The second kappa shape index (κ2) is 8.86. The van der Waals surface area contributed by atoms with Crippen LogP contribution in [0, 0.1) is 0 Å². The average Bonchev–Trinajstić information content (AvgIpc) is 3.22. The number of phenols is 1. The molecule has 3 aliphatic rings. The number of H-pyrrole nitrogens is 1. The maximum Gasteiger partial charge on any atom is 0.246 e. The smallest absolute Gasteiger partial charge is 0.246 e. The lowest BCUT2D eigenvalue weighted by atomic mass is 9.86. The highest BCUT2D eigenvalue weighted by molar-refractivity contribution is 6.31. The summed E-state index contributed by atoms with van der Waals surface area (Å²) in [5.41, 5.74) is 3.53. The summed E-state index contributed by atoms with van der Waals surface area (Å²) < 4.78 is 5.42. The van der Waals surface area contributed by atoms with Gasteiger partial charge in [0.2, 0.25) is 11.8 Å². The van der Waals surface area contributed by atoms with Crippen molar-refractivity contribution in [3.05, 3.63) is 64.3 Å². The minimum absolute atomic E-state index is 0.0370. The lowest BCUT2D eigenvalue weighted by Crippen LogP contribution is -2.63. The van der Waals surface area contributed by atoms with Gasteiger partial charge in [-0.05, 0) is 41.5 Å². The Balaban J connectivity index is 1.39. The molecule has 3 aromatic rings. The summed E-state index contributed by atoms with van der Waals surface area (Å²) in [7, 11) is 0. The van der Waals surface area contributed by atoms with Crippen LogP contribution in [-0.4, -0.2) is 88.6 Å². The fourth-order valence-corrected chi connectivity index (χ4v) is 5.83. The van der Waals surface area contributed by atoms with Gasteiger partial charge in [-0.1, -0.05) is 23.7 Å². The third-order valence-electron chi connectivity index (χ3n) is 7.37. The van der Waals surface area contributed by atoms with Gasteiger partial charge >= 0.3 is 0 Å². The Kier molecular flexibility index (Phi) is 5.67. The number of hydrogen-bond acceptors (Lipinski definition) is 5. The number of aromatic nitrogens is 1. The van der Waals surface area contributed by atoms with E-state index in [0.717, 1.165) is 47.4 Å². The maximum atomic E-state index is 13.8. The molecule has 2 fully saturated rings. The summed E-state index contributed by atoms with van der Waals surface area (Å²) in [6.07, 6.45) is 0.420. The Morgan fingerprint density at radius 2 is 1.91 bits per heavy atom. The van der Waals surface area contributed by atoms with E-state index in [4.69, 9.17) is 16.3 Å². The standard InChI is InChI=1S/C26H27ClN4O4/c27-17-4-5-21-19(13-17)20-14-22-26(34)30(7-6-29-8-10-35-11-9-29)15-23(33)31(22)25(24(20)28-21)16-2-1-3-18(32)12-16/h1-5,12-13,22,25,28,32H,6-11,14-15H2/t22-,25-/m1/s1. The number of carbonyl (C=O) groups excluding carboxylic acids is 2. The topological polar surface area (TPSA) is 89.1 Å². The number of benzene rings is 2. The molecule has 182 valence electrons. The Bertz CT molecular complexity index is 1300. The molecule has 6 rings (SSSR count). The fraction of sp³-hybridized carbons (Fsp3) is 0.385. The highest BCUT2D eigenvalue weighted by Gasteiger charge is 2.48. The predicted molar refractivity (Wildman–Crippen MR) is 131 cm³/mol. The summed E-state index contributed by atoms with van der Waals surface area (Å²) in [6, 6.07) is 11.5. The van der Waals surface area contributed by atoms with E-state index < -0.39 is 12.1 Å². The molecule has 0 unspecified atom stereocenters. The summed E-state index contributed by atoms with van der Waals surface area (Å²) in [4.78, 5) is 36.5. The number of phenolic OH excluding ortho intramolecular Hbond substituents is 1. The van der Waals surface area contributed by atoms with E-state index >= 15 is 0 Å². The van der Waals surface area contributed by atoms with Crippen molar-refractivity contribution < 1.29 is 19.4 Å². The molecule has 2 N–H and O–H groups in total. The second-order valence-electron chi connectivity index (χ2n) is 9.44. The SMILES string of the molecule is O=C1[C@H]2Cc3c([nH]c4ccc(Cl)cc34)[C@@H](c3cccc(O)c3)N2C(=O)CN1CCN1CCOCC1. The van der Waals surface area contributed by atoms with Crippen LogP contribution in [0.5, 0.6) is 5.75 Å². The van der Waals surface area contributed by atoms with Crippen LogP contribution in [0.2, 0.25) is 5.02 Å². The van der Waals surface area contributed by atoms with Gasteiger partial charge in [0.05, 0.1) is 25.8 Å². The van der Waals surface area contributed by atoms with Gasteiger partial charge in [-0.25, -0.2) is 0 Å². The molecule has 2 aromatic carbocycles. The number of piperazine rings is 1. The third kappa shape index (κ3) is 3.95. The summed E-state index contributed by atoms with van der Waals surface area (Å²) in [5.74, 6) is -0.00875. The fourth-order valence-electron chi connectivity index (χ4n) is 5.66. The third-order valence-corrected chi connectivity index (χ3v) is 7.61. The molecule has 0 spiro atoms. The largest absolute Gasteiger partial charge is 0.508 e. The number of aromatic hydroxyl groups is 1. The molecular formula is C26H27ClN4O4. The van der Waals surface area contributed by atoms with Crippen LogP contribution < -0.4 is 0 Å². The Morgan fingerprint density at radius 3 is 2.71 bits per heavy atom. The van der Waals surface area contributed by atoms with Crippen molar-refractivity contribution in [3.63, 3.8) is 0 Å². The van der Waals surface area contributed by atoms with E-state index in [1.54, 1.807) is 28.0 Å². The van der Waals surface area contributed by atoms with Gasteiger partial charge in [-0.3, -0.25) is 14.5 Å². The Morgan fingerprint density at radius 1 is 1.09 bits per heavy atom. The summed E-state index contributed by atoms with van der Waals surface area (Å²) in [6.45, 7) is 4.35. The van der Waals surface area contributed by atoms with Crippen molar-refractivity contribution >= 4 is 34.3 Å². The van der Waals surface area contributed by atoms with Gasteiger partial charge in [0.1, 0.15) is 11.8 Å². The first-order valence-electron chi connectivity index (χ1n) is 12.0. The lowest BCUT2D eigenvalue weighted by molar-refractivity contribution is -0.158. The molecule has 2 amide bonds. The van der Waals surface area contributed by atoms with Gasteiger partial charge in [-0.2, -0.15) is 0 Å². The molecule has 8 nitrogen and oxygen atoms in total. The van der Waals surface area contributed by atoms with E-state index in [2.05, 4.69) is 9.88 Å². The maximum absolute atomic E-state index is 13.8. The van der Waals surface area contributed by atoms with Crippen LogP contribution in [0.3, 0.4) is 0 Å². The van der Waals surface area contributed by atoms with Gasteiger partial charge in [0.25, 0.3) is 0 Å². The predicted octanol–water partition coefficient (Wildman–Crippen LogP) is 2.54. The van der Waals surface area contributed by atoms with Crippen LogP contribution in [0.4, 0.5) is 0 Å². The first-order chi connectivity index (χ1) is 17.0. The van der Waals surface area contributed by atoms with Crippen molar-refractivity contribution in [2.24, 2.45) is 0 Å². The lowest BCUT2D eigenvalue weighted by Gasteiger charge is -2.47. The normalized spacial score (nSPS) is 23.0. The van der Waals surface area contributed by atoms with Crippen LogP contribution in [0.25, 0.3) is 10.9 Å². The molecule has 2 atom stereocenters. The number of carbonyl (C=O) groups is 2. The molecule has 35 heavy (non-hydrogen) atoms. The molecule has 3 aliphatic heterocycles. The van der Waals surface area contributed by atoms with Gasteiger partial charge in [0, 0.05) is 54.2 Å². The molecule has 0 bridgehead atoms. The zero-order valence-electron chi connectivity index (χ0n) is 19.2. The molecule has 2 saturated heterocycles. The molecule has 0 aliphatic carbocycles. The van der Waals surface area contributed by atoms with Crippen molar-refractivity contribution in [1.82, 2.24) is 19.7 Å². The molecule has 0 radical (unpaired) electrons. The van der Waals surface area contributed by atoms with Gasteiger partial charge in [-0.15, -0.1) is 0 Å². The summed E-state index contributed by atoms with van der Waals surface area (Å²) >= 11 is 6.32. The first-order valence-corrected chi connectivity index (χ1v) is 12.4. The number of amides is 2. The number of morpholine rings is 1. The molecule has 1 aromatic heterocycles. The minimum atomic E-state index is -0.612. The Hall–Kier alpha value is -3.07. The average molecular weight is 495 g/mol.